The average molecular weight is 360 g/mol. The van der Waals surface area contributed by atoms with Crippen molar-refractivity contribution in [2.24, 2.45) is 0 Å². The van der Waals surface area contributed by atoms with Crippen LogP contribution in [-0.2, 0) is 11.3 Å². The van der Waals surface area contributed by atoms with Crippen molar-refractivity contribution in [3.8, 4) is 11.3 Å². The van der Waals surface area contributed by atoms with Crippen molar-refractivity contribution in [2.45, 2.75) is 27.3 Å². The van der Waals surface area contributed by atoms with E-state index in [2.05, 4.69) is 34.8 Å². The van der Waals surface area contributed by atoms with Crippen LogP contribution in [0.4, 0.5) is 5.13 Å². The number of anilines is 1. The monoisotopic (exact) mass is 359 g/mol. The maximum absolute atomic E-state index is 11.2. The molecule has 0 aliphatic heterocycles. The number of rotatable bonds is 4. The number of aryl methyl sites for hydroxylation is 1. The van der Waals surface area contributed by atoms with E-state index in [-0.39, 0.29) is 5.91 Å². The Hall–Kier alpha value is -2.11. The molecule has 1 amide bonds. The normalized spacial score (nSPS) is 10.8. The van der Waals surface area contributed by atoms with Gasteiger partial charge in [0.2, 0.25) is 5.91 Å². The van der Waals surface area contributed by atoms with E-state index >= 15 is 0 Å². The molecule has 24 heavy (non-hydrogen) atoms. The summed E-state index contributed by atoms with van der Waals surface area (Å²) in [7, 11) is 0. The van der Waals surface area contributed by atoms with Gasteiger partial charge in [0.1, 0.15) is 0 Å². The number of nitrogens with zero attached hydrogens (tertiary/aromatic N) is 2. The molecule has 124 valence electrons. The molecule has 3 rings (SSSR count). The Morgan fingerprint density at radius 3 is 2.79 bits per heavy atom. The fourth-order valence-electron chi connectivity index (χ4n) is 2.71. The van der Waals surface area contributed by atoms with Crippen LogP contribution >= 0.6 is 22.9 Å². The van der Waals surface area contributed by atoms with Gasteiger partial charge < -0.3 is 9.88 Å². The maximum atomic E-state index is 11.2. The lowest BCUT2D eigenvalue weighted by Crippen LogP contribution is -2.05. The van der Waals surface area contributed by atoms with Gasteiger partial charge in [-0.1, -0.05) is 29.8 Å². The Bertz CT molecular complexity index is 898. The number of carbonyl (C=O) groups excluding carboxylic acids is 1. The van der Waals surface area contributed by atoms with Gasteiger partial charge in [-0.2, -0.15) is 0 Å². The first-order valence-corrected chi connectivity index (χ1v) is 8.85. The molecule has 0 saturated carbocycles. The molecule has 0 aliphatic carbocycles. The average Bonchev–Trinajstić information content (AvgIpc) is 3.08. The summed E-state index contributed by atoms with van der Waals surface area (Å²) in [5, 5.41) is 6.08. The highest BCUT2D eigenvalue weighted by molar-refractivity contribution is 7.14. The molecule has 1 aromatic carbocycles. The number of hydrogen-bond acceptors (Lipinski definition) is 3. The summed E-state index contributed by atoms with van der Waals surface area (Å²) in [5.41, 5.74) is 5.32. The quantitative estimate of drug-likeness (QED) is 0.721. The number of nitrogens with one attached hydrogen (secondary N) is 1. The van der Waals surface area contributed by atoms with Crippen molar-refractivity contribution in [2.75, 3.05) is 5.32 Å². The minimum Gasteiger partial charge on any atom is -0.344 e. The van der Waals surface area contributed by atoms with E-state index < -0.39 is 0 Å². The lowest BCUT2D eigenvalue weighted by atomic mass is 10.2. The summed E-state index contributed by atoms with van der Waals surface area (Å²) in [6.45, 7) is 6.36. The molecule has 1 N–H and O–H groups in total. The number of benzene rings is 1. The molecular formula is C18H18ClN3OS. The Morgan fingerprint density at radius 1 is 1.33 bits per heavy atom. The molecule has 4 nitrogen and oxygen atoms in total. The standard InChI is InChI=1S/C18H18ClN3OS/c1-11-8-15(17-10-24-18(21-17)20-13(3)23)12(2)22(11)9-14-6-4-5-7-16(14)19/h4-8,10H,9H2,1-3H3,(H,20,21,23). The summed E-state index contributed by atoms with van der Waals surface area (Å²) in [6.07, 6.45) is 0. The van der Waals surface area contributed by atoms with Crippen LogP contribution in [0.25, 0.3) is 11.3 Å². The lowest BCUT2D eigenvalue weighted by molar-refractivity contribution is -0.114. The van der Waals surface area contributed by atoms with Crippen LogP contribution in [0.3, 0.4) is 0 Å². The number of amides is 1. The van der Waals surface area contributed by atoms with Gasteiger partial charge in [0.15, 0.2) is 5.13 Å². The van der Waals surface area contributed by atoms with Crippen LogP contribution in [0, 0.1) is 13.8 Å². The van der Waals surface area contributed by atoms with Crippen LogP contribution in [0.2, 0.25) is 5.02 Å². The summed E-state index contributed by atoms with van der Waals surface area (Å²) < 4.78 is 2.23. The van der Waals surface area contributed by atoms with Gasteiger partial charge in [-0.05, 0) is 31.5 Å². The predicted octanol–water partition coefficient (Wildman–Crippen LogP) is 4.89. The largest absolute Gasteiger partial charge is 0.344 e. The molecule has 0 bridgehead atoms. The van der Waals surface area contributed by atoms with Crippen LogP contribution in [0.1, 0.15) is 23.9 Å². The highest BCUT2D eigenvalue weighted by Gasteiger charge is 2.15. The highest BCUT2D eigenvalue weighted by atomic mass is 35.5. The third kappa shape index (κ3) is 3.37. The van der Waals surface area contributed by atoms with Gasteiger partial charge in [-0.25, -0.2) is 4.98 Å². The van der Waals surface area contributed by atoms with E-state index in [4.69, 9.17) is 11.6 Å². The molecule has 2 heterocycles. The molecule has 2 aromatic heterocycles. The second-order valence-corrected chi connectivity index (χ2v) is 6.95. The molecule has 6 heteroatoms. The van der Waals surface area contributed by atoms with E-state index in [1.165, 1.54) is 18.3 Å². The van der Waals surface area contributed by atoms with Crippen LogP contribution in [-0.4, -0.2) is 15.5 Å². The lowest BCUT2D eigenvalue weighted by Gasteiger charge is -2.11. The smallest absolute Gasteiger partial charge is 0.223 e. The summed E-state index contributed by atoms with van der Waals surface area (Å²) in [6, 6.07) is 10.0. The zero-order chi connectivity index (χ0) is 17.3. The molecule has 0 radical (unpaired) electrons. The van der Waals surface area contributed by atoms with Gasteiger partial charge in [0, 0.05) is 40.8 Å². The SMILES string of the molecule is CC(=O)Nc1nc(-c2cc(C)n(Cc3ccccc3Cl)c2C)cs1. The third-order valence-electron chi connectivity index (χ3n) is 3.92. The van der Waals surface area contributed by atoms with Crippen molar-refractivity contribution >= 4 is 34.0 Å². The van der Waals surface area contributed by atoms with E-state index in [0.29, 0.717) is 5.13 Å². The van der Waals surface area contributed by atoms with Crippen LogP contribution < -0.4 is 5.32 Å². The first-order valence-electron chi connectivity index (χ1n) is 7.59. The van der Waals surface area contributed by atoms with Gasteiger partial charge in [0.25, 0.3) is 0 Å². The van der Waals surface area contributed by atoms with Crippen molar-refractivity contribution < 1.29 is 4.79 Å². The molecule has 3 aromatic rings. The topological polar surface area (TPSA) is 46.9 Å². The zero-order valence-electron chi connectivity index (χ0n) is 13.8. The molecule has 0 atom stereocenters. The fourth-order valence-corrected chi connectivity index (χ4v) is 3.66. The summed E-state index contributed by atoms with van der Waals surface area (Å²) >= 11 is 7.72. The second kappa shape index (κ2) is 6.79. The zero-order valence-corrected chi connectivity index (χ0v) is 15.3. The first-order chi connectivity index (χ1) is 11.5. The van der Waals surface area contributed by atoms with Crippen molar-refractivity contribution in [3.05, 3.63) is 57.7 Å². The number of aromatic nitrogens is 2. The van der Waals surface area contributed by atoms with Crippen molar-refractivity contribution in [1.82, 2.24) is 9.55 Å². The predicted molar refractivity (Wildman–Crippen MR) is 99.9 cm³/mol. The van der Waals surface area contributed by atoms with Gasteiger partial charge in [-0.15, -0.1) is 11.3 Å². The molecule has 0 fully saturated rings. The first kappa shape index (κ1) is 16.7. The van der Waals surface area contributed by atoms with Crippen LogP contribution in [0.5, 0.6) is 0 Å². The minimum atomic E-state index is -0.111. The van der Waals surface area contributed by atoms with Crippen molar-refractivity contribution in [3.63, 3.8) is 0 Å². The maximum Gasteiger partial charge on any atom is 0.223 e. The molecule has 0 aliphatic rings. The number of hydrogen-bond donors (Lipinski definition) is 1. The Balaban J connectivity index is 1.93. The van der Waals surface area contributed by atoms with E-state index in [0.717, 1.165) is 39.8 Å². The summed E-state index contributed by atoms with van der Waals surface area (Å²) in [5.74, 6) is -0.111. The molecular weight excluding hydrogens is 342 g/mol. The van der Waals surface area contributed by atoms with E-state index in [1.807, 2.05) is 29.6 Å². The summed E-state index contributed by atoms with van der Waals surface area (Å²) in [4.78, 5) is 15.7. The molecule has 0 saturated heterocycles. The van der Waals surface area contributed by atoms with E-state index in [1.54, 1.807) is 0 Å². The molecule has 0 spiro atoms. The number of carbonyl (C=O) groups is 1. The van der Waals surface area contributed by atoms with Gasteiger partial charge >= 0.3 is 0 Å². The van der Waals surface area contributed by atoms with Crippen LogP contribution in [0.15, 0.2) is 35.7 Å². The second-order valence-electron chi connectivity index (χ2n) is 5.68. The number of thiazole rings is 1. The van der Waals surface area contributed by atoms with E-state index in [9.17, 15) is 4.79 Å². The van der Waals surface area contributed by atoms with Gasteiger partial charge in [0.05, 0.1) is 5.69 Å². The Kier molecular flexibility index (Phi) is 4.73. The minimum absolute atomic E-state index is 0.111. The highest BCUT2D eigenvalue weighted by Crippen LogP contribution is 2.31. The van der Waals surface area contributed by atoms with Crippen molar-refractivity contribution in [1.29, 1.82) is 0 Å². The third-order valence-corrected chi connectivity index (χ3v) is 5.05. The molecule has 0 unspecified atom stereocenters. The van der Waals surface area contributed by atoms with Gasteiger partial charge in [-0.3, -0.25) is 4.79 Å². The fraction of sp³-hybridized carbons (Fsp3) is 0.222. The Labute approximate surface area is 150 Å². The Morgan fingerprint density at radius 2 is 2.08 bits per heavy atom. The number of halogens is 1.